The molecule has 0 amide bonds. The van der Waals surface area contributed by atoms with Crippen molar-refractivity contribution in [2.45, 2.75) is 12.8 Å². The zero-order valence-corrected chi connectivity index (χ0v) is 10.8. The molecule has 0 unspecified atom stereocenters. The summed E-state index contributed by atoms with van der Waals surface area (Å²) in [6.07, 6.45) is 3.82. The smallest absolute Gasteiger partial charge is 0.335 e. The molecule has 106 valence electrons. The third-order valence-corrected chi connectivity index (χ3v) is 2.63. The van der Waals surface area contributed by atoms with E-state index in [1.54, 1.807) is 0 Å². The summed E-state index contributed by atoms with van der Waals surface area (Å²) in [5.74, 6) is -2.30. The third kappa shape index (κ3) is 4.24. The van der Waals surface area contributed by atoms with Crippen LogP contribution in [0.3, 0.4) is 0 Å². The van der Waals surface area contributed by atoms with Crippen LogP contribution in [0, 0.1) is 0 Å². The van der Waals surface area contributed by atoms with Gasteiger partial charge < -0.3 is 14.9 Å². The molecule has 0 aromatic heterocycles. The summed E-state index contributed by atoms with van der Waals surface area (Å²) in [4.78, 5) is 31.2. The number of ether oxygens (including phenoxy) is 1. The van der Waals surface area contributed by atoms with E-state index in [2.05, 4.69) is 4.74 Å². The minimum absolute atomic E-state index is 0.0833. The van der Waals surface area contributed by atoms with Gasteiger partial charge in [-0.1, -0.05) is 6.08 Å². The number of carboxylic acid groups (broad SMARTS) is 2. The topological polar surface area (TPSA) is 101 Å². The van der Waals surface area contributed by atoms with Gasteiger partial charge in [0, 0.05) is 5.57 Å². The maximum absolute atomic E-state index is 10.5. The largest absolute Gasteiger partial charge is 0.478 e. The molecule has 0 fully saturated rings. The molecule has 1 aliphatic rings. The number of esters is 1. The second-order valence-electron chi connectivity index (χ2n) is 3.95. The molecule has 0 heterocycles. The molecule has 0 spiro atoms. The Morgan fingerprint density at radius 1 is 1.00 bits per heavy atom. The Labute approximate surface area is 115 Å². The van der Waals surface area contributed by atoms with Crippen molar-refractivity contribution in [3.05, 3.63) is 47.0 Å². The summed E-state index contributed by atoms with van der Waals surface area (Å²) in [6, 6.07) is 5.02. The Morgan fingerprint density at radius 2 is 1.40 bits per heavy atom. The maximum atomic E-state index is 10.5. The molecule has 0 aliphatic heterocycles. The highest BCUT2D eigenvalue weighted by atomic mass is 16.5. The molecule has 20 heavy (non-hydrogen) atoms. The van der Waals surface area contributed by atoms with Crippen molar-refractivity contribution in [1.29, 1.82) is 0 Å². The molecular weight excluding hydrogens is 264 g/mol. The van der Waals surface area contributed by atoms with E-state index in [0.717, 1.165) is 18.4 Å². The number of aromatic carboxylic acids is 2. The second-order valence-corrected chi connectivity index (χ2v) is 3.95. The van der Waals surface area contributed by atoms with E-state index in [9.17, 15) is 14.4 Å². The van der Waals surface area contributed by atoms with Crippen LogP contribution in [0.15, 0.2) is 35.9 Å². The standard InChI is InChI=1S/C8H6O4.C6H8O2/c9-7(10)5-1-2-6(4-3-5)8(11)12;1-8-6(7)5-3-2-4-5/h1-4H,(H,9,10)(H,11,12);3H,2,4H2,1H3. The number of carbonyl (C=O) groups excluding carboxylic acids is 1. The van der Waals surface area contributed by atoms with E-state index < -0.39 is 11.9 Å². The molecule has 0 saturated heterocycles. The van der Waals surface area contributed by atoms with Crippen molar-refractivity contribution in [3.8, 4) is 0 Å². The van der Waals surface area contributed by atoms with E-state index in [1.165, 1.54) is 31.4 Å². The SMILES string of the molecule is COC(=O)C1=CCC1.O=C(O)c1ccc(C(=O)O)cc1. The van der Waals surface area contributed by atoms with E-state index in [0.29, 0.717) is 0 Å². The van der Waals surface area contributed by atoms with Gasteiger partial charge in [0.1, 0.15) is 0 Å². The van der Waals surface area contributed by atoms with E-state index >= 15 is 0 Å². The summed E-state index contributed by atoms with van der Waals surface area (Å²) in [5, 5.41) is 16.9. The van der Waals surface area contributed by atoms with Gasteiger partial charge in [0.2, 0.25) is 0 Å². The van der Waals surface area contributed by atoms with Crippen LogP contribution < -0.4 is 0 Å². The highest BCUT2D eigenvalue weighted by Crippen LogP contribution is 2.18. The predicted octanol–water partition coefficient (Wildman–Crippen LogP) is 1.96. The van der Waals surface area contributed by atoms with Gasteiger partial charge in [-0.05, 0) is 37.1 Å². The number of hydrogen-bond acceptors (Lipinski definition) is 4. The van der Waals surface area contributed by atoms with E-state index in [1.807, 2.05) is 6.08 Å². The molecule has 1 aromatic rings. The molecule has 0 bridgehead atoms. The fourth-order valence-electron chi connectivity index (χ4n) is 1.36. The summed E-state index contributed by atoms with van der Waals surface area (Å²) in [7, 11) is 1.40. The summed E-state index contributed by atoms with van der Waals surface area (Å²) in [5.41, 5.74) is 0.993. The fraction of sp³-hybridized carbons (Fsp3) is 0.214. The van der Waals surface area contributed by atoms with Crippen LogP contribution in [0.25, 0.3) is 0 Å². The first kappa shape index (κ1) is 15.4. The lowest BCUT2D eigenvalue weighted by molar-refractivity contribution is -0.136. The van der Waals surface area contributed by atoms with Crippen molar-refractivity contribution in [3.63, 3.8) is 0 Å². The number of carboxylic acids is 2. The maximum Gasteiger partial charge on any atom is 0.335 e. The quantitative estimate of drug-likeness (QED) is 0.820. The van der Waals surface area contributed by atoms with Crippen LogP contribution in [0.2, 0.25) is 0 Å². The van der Waals surface area contributed by atoms with Gasteiger partial charge in [-0.15, -0.1) is 0 Å². The van der Waals surface area contributed by atoms with Crippen molar-refractivity contribution in [2.24, 2.45) is 0 Å². The van der Waals surface area contributed by atoms with Gasteiger partial charge >= 0.3 is 17.9 Å². The third-order valence-electron chi connectivity index (χ3n) is 2.63. The zero-order chi connectivity index (χ0) is 15.1. The van der Waals surface area contributed by atoms with Gasteiger partial charge in [0.05, 0.1) is 18.2 Å². The van der Waals surface area contributed by atoms with Crippen molar-refractivity contribution < 1.29 is 29.3 Å². The number of rotatable bonds is 3. The average Bonchev–Trinajstić information content (AvgIpc) is 2.37. The van der Waals surface area contributed by atoms with Crippen LogP contribution in [0.4, 0.5) is 0 Å². The highest BCUT2D eigenvalue weighted by Gasteiger charge is 2.13. The number of carbonyl (C=O) groups is 3. The van der Waals surface area contributed by atoms with E-state index in [4.69, 9.17) is 10.2 Å². The van der Waals surface area contributed by atoms with Crippen molar-refractivity contribution in [1.82, 2.24) is 0 Å². The Kier molecular flexibility index (Phi) is 5.46. The average molecular weight is 278 g/mol. The Balaban J connectivity index is 0.000000217. The lowest BCUT2D eigenvalue weighted by atomic mass is 10.00. The number of methoxy groups -OCH3 is 1. The Morgan fingerprint density at radius 3 is 1.55 bits per heavy atom. The molecule has 1 aliphatic carbocycles. The van der Waals surface area contributed by atoms with Crippen LogP contribution >= 0.6 is 0 Å². The summed E-state index contributed by atoms with van der Waals surface area (Å²) >= 11 is 0. The predicted molar refractivity (Wildman–Crippen MR) is 69.7 cm³/mol. The van der Waals surface area contributed by atoms with Gasteiger partial charge in [-0.2, -0.15) is 0 Å². The van der Waals surface area contributed by atoms with Gasteiger partial charge in [0.25, 0.3) is 0 Å². The first-order valence-corrected chi connectivity index (χ1v) is 5.79. The van der Waals surface area contributed by atoms with Crippen molar-refractivity contribution in [2.75, 3.05) is 7.11 Å². The molecule has 6 nitrogen and oxygen atoms in total. The van der Waals surface area contributed by atoms with E-state index in [-0.39, 0.29) is 17.1 Å². The van der Waals surface area contributed by atoms with Crippen molar-refractivity contribution >= 4 is 17.9 Å². The fourth-order valence-corrected chi connectivity index (χ4v) is 1.36. The number of hydrogen-bond donors (Lipinski definition) is 2. The zero-order valence-electron chi connectivity index (χ0n) is 10.8. The number of allylic oxidation sites excluding steroid dienone is 1. The minimum atomic E-state index is -1.06. The van der Waals surface area contributed by atoms with Gasteiger partial charge in [-0.25, -0.2) is 14.4 Å². The molecule has 2 N–H and O–H groups in total. The minimum Gasteiger partial charge on any atom is -0.478 e. The summed E-state index contributed by atoms with van der Waals surface area (Å²) in [6.45, 7) is 0. The van der Waals surface area contributed by atoms with Crippen LogP contribution in [0.5, 0.6) is 0 Å². The Hall–Kier alpha value is -2.63. The second kappa shape index (κ2) is 7.08. The lowest BCUT2D eigenvalue weighted by Crippen LogP contribution is -2.09. The first-order valence-electron chi connectivity index (χ1n) is 5.79. The number of benzene rings is 1. The lowest BCUT2D eigenvalue weighted by Gasteiger charge is -2.09. The highest BCUT2D eigenvalue weighted by molar-refractivity contribution is 5.91. The molecule has 0 radical (unpaired) electrons. The van der Waals surface area contributed by atoms with Crippen LogP contribution in [-0.2, 0) is 9.53 Å². The first-order chi connectivity index (χ1) is 9.45. The molecule has 2 rings (SSSR count). The van der Waals surface area contributed by atoms with Crippen LogP contribution in [-0.4, -0.2) is 35.2 Å². The molecular formula is C14H14O6. The normalized spacial score (nSPS) is 12.2. The molecule has 1 aromatic carbocycles. The molecule has 6 heteroatoms. The Bertz CT molecular complexity index is 508. The van der Waals surface area contributed by atoms with Gasteiger partial charge in [0.15, 0.2) is 0 Å². The molecule has 0 saturated carbocycles. The summed E-state index contributed by atoms with van der Waals surface area (Å²) < 4.78 is 4.45. The van der Waals surface area contributed by atoms with Crippen LogP contribution in [0.1, 0.15) is 33.6 Å². The van der Waals surface area contributed by atoms with Gasteiger partial charge in [-0.3, -0.25) is 0 Å². The monoisotopic (exact) mass is 278 g/mol. The molecule has 0 atom stereocenters.